The molecule has 0 radical (unpaired) electrons. The van der Waals surface area contributed by atoms with Gasteiger partial charge in [-0.15, -0.1) is 0 Å². The molecule has 4 nitrogen and oxygen atoms in total. The molecule has 0 saturated heterocycles. The quantitative estimate of drug-likeness (QED) is 0.849. The van der Waals surface area contributed by atoms with Crippen LogP contribution in [0, 0.1) is 5.82 Å². The number of hydrogen-bond acceptors (Lipinski definition) is 3. The Balaban J connectivity index is 1.98. The summed E-state index contributed by atoms with van der Waals surface area (Å²) in [4.78, 5) is 13.9. The molecular weight excluding hydrogens is 269 g/mol. The molecule has 3 N–H and O–H groups in total. The molecule has 0 heterocycles. The molecule has 1 amide bonds. The molecule has 5 heteroatoms. The highest BCUT2D eigenvalue weighted by Crippen LogP contribution is 2.13. The van der Waals surface area contributed by atoms with E-state index in [1.54, 1.807) is 0 Å². The van der Waals surface area contributed by atoms with Crippen LogP contribution in [0.1, 0.15) is 15.9 Å². The fourth-order valence-electron chi connectivity index (χ4n) is 1.86. The number of nitrogen functional groups attached to an aromatic ring is 1. The summed E-state index contributed by atoms with van der Waals surface area (Å²) in [6, 6.07) is 11.9. The van der Waals surface area contributed by atoms with Gasteiger partial charge in [-0.2, -0.15) is 0 Å². The minimum atomic E-state index is -0.585. The Bertz CT molecular complexity index is 638. The average molecular weight is 287 g/mol. The molecule has 0 aliphatic heterocycles. The summed E-state index contributed by atoms with van der Waals surface area (Å²) in [7, 11) is 3.93. The van der Waals surface area contributed by atoms with E-state index in [1.807, 2.05) is 43.3 Å². The molecule has 0 atom stereocenters. The molecule has 0 aliphatic carbocycles. The van der Waals surface area contributed by atoms with Crippen molar-refractivity contribution in [1.29, 1.82) is 0 Å². The van der Waals surface area contributed by atoms with Crippen molar-refractivity contribution in [2.24, 2.45) is 0 Å². The van der Waals surface area contributed by atoms with Gasteiger partial charge in [-0.3, -0.25) is 4.79 Å². The van der Waals surface area contributed by atoms with E-state index in [1.165, 1.54) is 12.1 Å². The Labute approximate surface area is 123 Å². The van der Waals surface area contributed by atoms with Crippen LogP contribution in [-0.2, 0) is 6.54 Å². The first kappa shape index (κ1) is 14.8. The smallest absolute Gasteiger partial charge is 0.251 e. The molecule has 0 aromatic heterocycles. The van der Waals surface area contributed by atoms with Gasteiger partial charge in [-0.05, 0) is 35.9 Å². The average Bonchev–Trinajstić information content (AvgIpc) is 2.48. The van der Waals surface area contributed by atoms with Gasteiger partial charge in [-0.1, -0.05) is 12.1 Å². The normalized spacial score (nSPS) is 10.2. The molecule has 2 aromatic carbocycles. The van der Waals surface area contributed by atoms with Crippen molar-refractivity contribution < 1.29 is 9.18 Å². The van der Waals surface area contributed by atoms with Crippen LogP contribution in [0.3, 0.4) is 0 Å². The topological polar surface area (TPSA) is 58.4 Å². The molecule has 0 unspecified atom stereocenters. The maximum Gasteiger partial charge on any atom is 0.251 e. The van der Waals surface area contributed by atoms with E-state index >= 15 is 0 Å². The molecule has 0 spiro atoms. The van der Waals surface area contributed by atoms with Gasteiger partial charge in [0.2, 0.25) is 0 Å². The number of anilines is 2. The lowest BCUT2D eigenvalue weighted by molar-refractivity contribution is 0.0950. The van der Waals surface area contributed by atoms with Crippen molar-refractivity contribution in [3.63, 3.8) is 0 Å². The zero-order valence-corrected chi connectivity index (χ0v) is 12.1. The SMILES string of the molecule is CN(C)c1ccc(CNC(=O)c2ccc(N)c(F)c2)cc1. The highest BCUT2D eigenvalue weighted by atomic mass is 19.1. The summed E-state index contributed by atoms with van der Waals surface area (Å²) in [6.45, 7) is 0.387. The highest BCUT2D eigenvalue weighted by Gasteiger charge is 2.08. The maximum absolute atomic E-state index is 13.3. The number of amides is 1. The predicted molar refractivity (Wildman–Crippen MR) is 82.8 cm³/mol. The van der Waals surface area contributed by atoms with Crippen LogP contribution >= 0.6 is 0 Å². The van der Waals surface area contributed by atoms with E-state index in [4.69, 9.17) is 5.73 Å². The van der Waals surface area contributed by atoms with E-state index in [2.05, 4.69) is 5.32 Å². The maximum atomic E-state index is 13.3. The number of hydrogen-bond donors (Lipinski definition) is 2. The van der Waals surface area contributed by atoms with Crippen molar-refractivity contribution in [1.82, 2.24) is 5.32 Å². The van der Waals surface area contributed by atoms with Crippen LogP contribution in [0.25, 0.3) is 0 Å². The monoisotopic (exact) mass is 287 g/mol. The van der Waals surface area contributed by atoms with E-state index in [9.17, 15) is 9.18 Å². The second-order valence-corrected chi connectivity index (χ2v) is 4.98. The number of halogens is 1. The third-order valence-electron chi connectivity index (χ3n) is 3.17. The Kier molecular flexibility index (Phi) is 4.42. The zero-order chi connectivity index (χ0) is 15.4. The summed E-state index contributed by atoms with van der Waals surface area (Å²) >= 11 is 0. The minimum Gasteiger partial charge on any atom is -0.396 e. The Hall–Kier alpha value is -2.56. The lowest BCUT2D eigenvalue weighted by atomic mass is 10.1. The molecule has 0 bridgehead atoms. The van der Waals surface area contributed by atoms with Crippen LogP contribution in [-0.4, -0.2) is 20.0 Å². The van der Waals surface area contributed by atoms with Gasteiger partial charge in [0.15, 0.2) is 0 Å². The highest BCUT2D eigenvalue weighted by molar-refractivity contribution is 5.94. The fraction of sp³-hybridized carbons (Fsp3) is 0.188. The number of benzene rings is 2. The van der Waals surface area contributed by atoms with Gasteiger partial charge in [0.1, 0.15) is 5.82 Å². The Morgan fingerprint density at radius 2 is 1.86 bits per heavy atom. The Morgan fingerprint density at radius 3 is 2.43 bits per heavy atom. The summed E-state index contributed by atoms with van der Waals surface area (Å²) in [5, 5.41) is 2.75. The first-order chi connectivity index (χ1) is 9.97. The largest absolute Gasteiger partial charge is 0.396 e. The molecule has 0 aliphatic rings. The van der Waals surface area contributed by atoms with Crippen LogP contribution in [0.4, 0.5) is 15.8 Å². The molecule has 21 heavy (non-hydrogen) atoms. The zero-order valence-electron chi connectivity index (χ0n) is 12.1. The van der Waals surface area contributed by atoms with Crippen LogP contribution in [0.15, 0.2) is 42.5 Å². The van der Waals surface area contributed by atoms with Gasteiger partial charge < -0.3 is 16.0 Å². The minimum absolute atomic E-state index is 0.0332. The first-order valence-electron chi connectivity index (χ1n) is 6.57. The standard InChI is InChI=1S/C16H18FN3O/c1-20(2)13-6-3-11(4-7-13)10-19-16(21)12-5-8-15(18)14(17)9-12/h3-9H,10,18H2,1-2H3,(H,19,21). The number of carbonyl (C=O) groups is 1. The third kappa shape index (κ3) is 3.72. The third-order valence-corrected chi connectivity index (χ3v) is 3.17. The van der Waals surface area contributed by atoms with Crippen LogP contribution in [0.2, 0.25) is 0 Å². The number of rotatable bonds is 4. The van der Waals surface area contributed by atoms with Crippen LogP contribution in [0.5, 0.6) is 0 Å². The second kappa shape index (κ2) is 6.26. The first-order valence-corrected chi connectivity index (χ1v) is 6.57. The lowest BCUT2D eigenvalue weighted by Gasteiger charge is -2.13. The summed E-state index contributed by atoms with van der Waals surface area (Å²) in [5.74, 6) is -0.913. The number of carbonyl (C=O) groups excluding carboxylic acids is 1. The molecule has 0 fully saturated rings. The van der Waals surface area contributed by atoms with Gasteiger partial charge in [-0.25, -0.2) is 4.39 Å². The number of nitrogens with zero attached hydrogens (tertiary/aromatic N) is 1. The van der Waals surface area contributed by atoms with Gasteiger partial charge in [0.05, 0.1) is 5.69 Å². The number of nitrogens with two attached hydrogens (primary N) is 1. The van der Waals surface area contributed by atoms with Gasteiger partial charge in [0.25, 0.3) is 5.91 Å². The van der Waals surface area contributed by atoms with Crippen molar-refractivity contribution in [3.05, 3.63) is 59.4 Å². The molecule has 110 valence electrons. The van der Waals surface area contributed by atoms with Crippen molar-refractivity contribution in [2.45, 2.75) is 6.54 Å². The number of nitrogens with one attached hydrogen (secondary N) is 1. The molecule has 2 aromatic rings. The lowest BCUT2D eigenvalue weighted by Crippen LogP contribution is -2.23. The molecule has 2 rings (SSSR count). The Morgan fingerprint density at radius 1 is 1.19 bits per heavy atom. The van der Waals surface area contributed by atoms with Crippen molar-refractivity contribution >= 4 is 17.3 Å². The van der Waals surface area contributed by atoms with Gasteiger partial charge in [0, 0.05) is 31.9 Å². The van der Waals surface area contributed by atoms with E-state index in [0.717, 1.165) is 17.3 Å². The second-order valence-electron chi connectivity index (χ2n) is 4.98. The summed E-state index contributed by atoms with van der Waals surface area (Å²) in [6.07, 6.45) is 0. The van der Waals surface area contributed by atoms with Crippen molar-refractivity contribution in [2.75, 3.05) is 24.7 Å². The summed E-state index contributed by atoms with van der Waals surface area (Å²) in [5.41, 5.74) is 7.74. The van der Waals surface area contributed by atoms with Crippen LogP contribution < -0.4 is 16.0 Å². The fourth-order valence-corrected chi connectivity index (χ4v) is 1.86. The van der Waals surface area contributed by atoms with Crippen molar-refractivity contribution in [3.8, 4) is 0 Å². The predicted octanol–water partition coefficient (Wildman–Crippen LogP) is 2.40. The molecular formula is C16H18FN3O. The summed E-state index contributed by atoms with van der Waals surface area (Å²) < 4.78 is 13.3. The van der Waals surface area contributed by atoms with E-state index in [0.29, 0.717) is 6.54 Å². The molecule has 0 saturated carbocycles. The van der Waals surface area contributed by atoms with E-state index in [-0.39, 0.29) is 17.2 Å². The van der Waals surface area contributed by atoms with E-state index < -0.39 is 5.82 Å². The van der Waals surface area contributed by atoms with Gasteiger partial charge >= 0.3 is 0 Å².